The number of halogens is 2. The van der Waals surface area contributed by atoms with Gasteiger partial charge in [0.05, 0.1) is 18.6 Å². The number of carboxylic acids is 1. The van der Waals surface area contributed by atoms with Gasteiger partial charge in [0, 0.05) is 52.3 Å². The van der Waals surface area contributed by atoms with Crippen molar-refractivity contribution in [2.45, 2.75) is 72.3 Å². The van der Waals surface area contributed by atoms with Crippen molar-refractivity contribution >= 4 is 45.1 Å². The topological polar surface area (TPSA) is 93.1 Å². The number of ketones is 2. The molecule has 2 aliphatic carbocycles. The highest BCUT2D eigenvalue weighted by molar-refractivity contribution is 9.10. The highest BCUT2D eigenvalue weighted by Crippen LogP contribution is 2.55. The standard InChI is InChI=1S/C34H37BrClNO6/c1-33(2)14-23-30(25(38)16-33)29(31-24(37(23)11-10-28(40)41)15-34(3,4)17-26(31)39)20-12-22(36)32(27(13-20)42-5)43-18-19-6-8-21(35)9-7-19/h6-9,12-13,29H,10-11,14-18H2,1-5H3,(H,40,41). The minimum Gasteiger partial charge on any atom is -0.493 e. The van der Waals surface area contributed by atoms with Crippen molar-refractivity contribution < 1.29 is 29.0 Å². The molecule has 0 fully saturated rings. The van der Waals surface area contributed by atoms with Crippen molar-refractivity contribution in [2.24, 2.45) is 10.8 Å². The van der Waals surface area contributed by atoms with E-state index in [1.165, 1.54) is 7.11 Å². The molecular formula is C34H37BrClNO6. The first-order valence-electron chi connectivity index (χ1n) is 14.5. The van der Waals surface area contributed by atoms with Gasteiger partial charge in [-0.2, -0.15) is 0 Å². The lowest BCUT2D eigenvalue weighted by Crippen LogP contribution is -2.45. The summed E-state index contributed by atoms with van der Waals surface area (Å²) in [5.41, 5.74) is 3.73. The summed E-state index contributed by atoms with van der Waals surface area (Å²) in [4.78, 5) is 41.6. The molecule has 228 valence electrons. The Balaban J connectivity index is 1.65. The Morgan fingerprint density at radius 3 is 2.05 bits per heavy atom. The fraction of sp³-hybridized carbons (Fsp3) is 0.441. The Morgan fingerprint density at radius 2 is 1.53 bits per heavy atom. The third-order valence-electron chi connectivity index (χ3n) is 8.45. The molecule has 43 heavy (non-hydrogen) atoms. The predicted octanol–water partition coefficient (Wildman–Crippen LogP) is 7.85. The van der Waals surface area contributed by atoms with Crippen LogP contribution in [-0.2, 0) is 21.0 Å². The van der Waals surface area contributed by atoms with E-state index in [1.54, 1.807) is 6.07 Å². The number of hydrogen-bond donors (Lipinski definition) is 1. The lowest BCUT2D eigenvalue weighted by atomic mass is 9.63. The van der Waals surface area contributed by atoms with Crippen LogP contribution in [0.1, 0.15) is 76.8 Å². The normalized spacial score (nSPS) is 19.7. The van der Waals surface area contributed by atoms with Crippen LogP contribution in [0.3, 0.4) is 0 Å². The number of carboxylic acid groups (broad SMARTS) is 1. The van der Waals surface area contributed by atoms with E-state index in [-0.39, 0.29) is 42.0 Å². The first kappa shape index (κ1) is 31.3. The van der Waals surface area contributed by atoms with Crippen molar-refractivity contribution in [2.75, 3.05) is 13.7 Å². The van der Waals surface area contributed by atoms with E-state index < -0.39 is 11.9 Å². The molecule has 1 N–H and O–H groups in total. The second-order valence-corrected chi connectivity index (χ2v) is 14.6. The summed E-state index contributed by atoms with van der Waals surface area (Å²) in [5.74, 6) is -0.845. The molecule has 5 rings (SSSR count). The molecule has 2 aromatic rings. The average Bonchev–Trinajstić information content (AvgIpc) is 2.90. The predicted molar refractivity (Wildman–Crippen MR) is 168 cm³/mol. The summed E-state index contributed by atoms with van der Waals surface area (Å²) >= 11 is 10.3. The molecule has 9 heteroatoms. The van der Waals surface area contributed by atoms with E-state index in [9.17, 15) is 19.5 Å². The smallest absolute Gasteiger partial charge is 0.305 e. The third-order valence-corrected chi connectivity index (χ3v) is 9.26. The molecule has 0 amide bonds. The fourth-order valence-electron chi connectivity index (χ4n) is 6.64. The van der Waals surface area contributed by atoms with Crippen LogP contribution in [0.15, 0.2) is 63.4 Å². The van der Waals surface area contributed by atoms with E-state index in [0.29, 0.717) is 58.9 Å². The highest BCUT2D eigenvalue weighted by Gasteiger charge is 2.49. The second-order valence-electron chi connectivity index (χ2n) is 13.3. The van der Waals surface area contributed by atoms with Crippen LogP contribution >= 0.6 is 27.5 Å². The van der Waals surface area contributed by atoms with E-state index in [0.717, 1.165) is 21.4 Å². The molecule has 0 spiro atoms. The minimum atomic E-state index is -0.926. The van der Waals surface area contributed by atoms with Crippen molar-refractivity contribution in [1.29, 1.82) is 0 Å². The number of ether oxygens (including phenoxy) is 2. The van der Waals surface area contributed by atoms with E-state index >= 15 is 0 Å². The molecule has 7 nitrogen and oxygen atoms in total. The lowest BCUT2D eigenvalue weighted by Gasteiger charge is -2.49. The monoisotopic (exact) mass is 669 g/mol. The molecule has 3 aliphatic rings. The molecular weight excluding hydrogens is 634 g/mol. The van der Waals surface area contributed by atoms with Crippen molar-refractivity contribution in [3.05, 3.63) is 79.6 Å². The van der Waals surface area contributed by atoms with Gasteiger partial charge >= 0.3 is 5.97 Å². The number of Topliss-reactive ketones (excluding diaryl/α,β-unsaturated/α-hetero) is 2. The molecule has 0 unspecified atom stereocenters. The van der Waals surface area contributed by atoms with Crippen LogP contribution in [0.2, 0.25) is 5.02 Å². The quantitative estimate of drug-likeness (QED) is 0.306. The van der Waals surface area contributed by atoms with Gasteiger partial charge in [-0.3, -0.25) is 14.4 Å². The number of benzene rings is 2. The van der Waals surface area contributed by atoms with Crippen LogP contribution in [0, 0.1) is 10.8 Å². The largest absolute Gasteiger partial charge is 0.493 e. The zero-order valence-corrected chi connectivity index (χ0v) is 27.5. The maximum absolute atomic E-state index is 14.0. The first-order chi connectivity index (χ1) is 20.2. The molecule has 2 aromatic carbocycles. The Labute approximate surface area is 266 Å². The SMILES string of the molecule is COc1cc(C2C3=C(CC(C)(C)CC3=O)N(CCC(=O)O)C3=C2C(=O)CC(C)(C)C3)cc(Cl)c1OCc1ccc(Br)cc1. The molecule has 0 bridgehead atoms. The molecule has 1 aliphatic heterocycles. The minimum absolute atomic E-state index is 0.0357. The number of carbonyl (C=O) groups excluding carboxylic acids is 2. The maximum atomic E-state index is 14.0. The number of methoxy groups -OCH3 is 1. The summed E-state index contributed by atoms with van der Waals surface area (Å²) in [7, 11) is 1.54. The van der Waals surface area contributed by atoms with Crippen LogP contribution in [0.5, 0.6) is 11.5 Å². The third kappa shape index (κ3) is 6.41. The first-order valence-corrected chi connectivity index (χ1v) is 15.6. The van der Waals surface area contributed by atoms with Gasteiger partial charge in [0.15, 0.2) is 23.1 Å². The Kier molecular flexibility index (Phi) is 8.58. The summed E-state index contributed by atoms with van der Waals surface area (Å²) in [6.45, 7) is 8.68. The summed E-state index contributed by atoms with van der Waals surface area (Å²) in [5, 5.41) is 9.90. The summed E-state index contributed by atoms with van der Waals surface area (Å²) < 4.78 is 12.8. The van der Waals surface area contributed by atoms with Gasteiger partial charge in [-0.05, 0) is 59.1 Å². The molecule has 0 radical (unpaired) electrons. The van der Waals surface area contributed by atoms with Gasteiger partial charge in [0.2, 0.25) is 0 Å². The highest BCUT2D eigenvalue weighted by atomic mass is 79.9. The van der Waals surface area contributed by atoms with Crippen LogP contribution in [0.4, 0.5) is 0 Å². The number of rotatable bonds is 8. The Bertz CT molecular complexity index is 1500. The summed E-state index contributed by atoms with van der Waals surface area (Å²) in [6.07, 6.45) is 1.74. The number of carbonyl (C=O) groups is 3. The molecule has 0 saturated heterocycles. The van der Waals surface area contributed by atoms with E-state index in [1.807, 2.05) is 35.2 Å². The molecule has 0 atom stereocenters. The molecule has 0 aromatic heterocycles. The van der Waals surface area contributed by atoms with E-state index in [4.69, 9.17) is 21.1 Å². The number of aliphatic carboxylic acids is 1. The zero-order valence-electron chi connectivity index (χ0n) is 25.2. The number of nitrogens with zero attached hydrogens (tertiary/aromatic N) is 1. The summed E-state index contributed by atoms with van der Waals surface area (Å²) in [6, 6.07) is 11.4. The zero-order chi connectivity index (χ0) is 31.3. The van der Waals surface area contributed by atoms with Gasteiger partial charge in [0.1, 0.15) is 6.61 Å². The van der Waals surface area contributed by atoms with E-state index in [2.05, 4.69) is 43.6 Å². The molecule has 0 saturated carbocycles. The number of allylic oxidation sites excluding steroid dienone is 4. The molecule has 1 heterocycles. The Hall–Kier alpha value is -3.10. The lowest BCUT2D eigenvalue weighted by molar-refractivity contribution is -0.137. The van der Waals surface area contributed by atoms with Gasteiger partial charge in [0.25, 0.3) is 0 Å². The van der Waals surface area contributed by atoms with Crippen LogP contribution in [-0.4, -0.2) is 41.2 Å². The van der Waals surface area contributed by atoms with Gasteiger partial charge < -0.3 is 19.5 Å². The Morgan fingerprint density at radius 1 is 0.977 bits per heavy atom. The van der Waals surface area contributed by atoms with Crippen molar-refractivity contribution in [3.63, 3.8) is 0 Å². The second kappa shape index (κ2) is 11.8. The maximum Gasteiger partial charge on any atom is 0.305 e. The van der Waals surface area contributed by atoms with Crippen molar-refractivity contribution in [3.8, 4) is 11.5 Å². The van der Waals surface area contributed by atoms with Gasteiger partial charge in [-0.25, -0.2) is 0 Å². The number of hydrogen-bond acceptors (Lipinski definition) is 6. The van der Waals surface area contributed by atoms with Crippen LogP contribution in [0.25, 0.3) is 0 Å². The van der Waals surface area contributed by atoms with Gasteiger partial charge in [-0.1, -0.05) is 67.4 Å². The van der Waals surface area contributed by atoms with Crippen LogP contribution < -0.4 is 9.47 Å². The average molecular weight is 671 g/mol. The fourth-order valence-corrected chi connectivity index (χ4v) is 7.18. The van der Waals surface area contributed by atoms with Crippen molar-refractivity contribution in [1.82, 2.24) is 4.90 Å². The van der Waals surface area contributed by atoms with Gasteiger partial charge in [-0.15, -0.1) is 0 Å².